The van der Waals surface area contributed by atoms with Crippen molar-refractivity contribution in [1.29, 1.82) is 0 Å². The van der Waals surface area contributed by atoms with Gasteiger partial charge in [-0.2, -0.15) is 0 Å². The molecule has 0 amide bonds. The number of aliphatic hydroxyl groups is 7. The molecule has 2 aliphatic rings. The molecule has 0 saturated carbocycles. The number of rotatable bonds is 47. The molecule has 7 N–H and O–H groups in total. The Morgan fingerprint density at radius 1 is 0.427 bits per heavy atom. The average Bonchev–Trinajstić information content (AvgIpc) is 3.40. The summed E-state index contributed by atoms with van der Waals surface area (Å²) in [5.41, 5.74) is 0. The van der Waals surface area contributed by atoms with Gasteiger partial charge in [-0.1, -0.05) is 210 Å². The fraction of sp³-hybridized carbons (Fsp3) is 0.833. The van der Waals surface area contributed by atoms with E-state index in [0.29, 0.717) is 12.8 Å². The molecule has 2 saturated heterocycles. The van der Waals surface area contributed by atoms with Gasteiger partial charge in [0.1, 0.15) is 55.4 Å². The Morgan fingerprint density at radius 2 is 0.827 bits per heavy atom. The number of hydrogen-bond donors (Lipinski definition) is 7. The van der Waals surface area contributed by atoms with Crippen LogP contribution in [0.5, 0.6) is 0 Å². The van der Waals surface area contributed by atoms with Crippen molar-refractivity contribution in [1.82, 2.24) is 0 Å². The predicted octanol–water partition coefficient (Wildman–Crippen LogP) is 10.2. The molecule has 0 aromatic heterocycles. The first-order valence-corrected chi connectivity index (χ1v) is 29.7. The third-order valence-corrected chi connectivity index (χ3v) is 14.0. The zero-order valence-electron chi connectivity index (χ0n) is 46.5. The number of hydrogen-bond acceptors (Lipinski definition) is 15. The van der Waals surface area contributed by atoms with Gasteiger partial charge in [-0.25, -0.2) is 0 Å². The molecule has 15 nitrogen and oxygen atoms in total. The highest BCUT2D eigenvalue weighted by molar-refractivity contribution is 5.70. The molecule has 2 heterocycles. The van der Waals surface area contributed by atoms with Crippen LogP contribution in [0.15, 0.2) is 48.6 Å². The van der Waals surface area contributed by atoms with Gasteiger partial charge in [-0.15, -0.1) is 0 Å². The first kappa shape index (κ1) is 68.6. The van der Waals surface area contributed by atoms with Crippen molar-refractivity contribution in [3.63, 3.8) is 0 Å². The van der Waals surface area contributed by atoms with Gasteiger partial charge in [0.2, 0.25) is 0 Å². The molecular formula is C60H106O15. The predicted molar refractivity (Wildman–Crippen MR) is 293 cm³/mol. The van der Waals surface area contributed by atoms with Gasteiger partial charge in [0, 0.05) is 12.8 Å². The van der Waals surface area contributed by atoms with Gasteiger partial charge in [0.05, 0.1) is 19.8 Å². The molecule has 15 heteroatoms. The van der Waals surface area contributed by atoms with E-state index in [1.165, 1.54) is 122 Å². The van der Waals surface area contributed by atoms with Crippen LogP contribution in [-0.4, -0.2) is 142 Å². The number of aliphatic hydroxyl groups excluding tert-OH is 7. The quantitative estimate of drug-likeness (QED) is 0.0171. The fourth-order valence-electron chi connectivity index (χ4n) is 9.21. The molecule has 0 bridgehead atoms. The van der Waals surface area contributed by atoms with E-state index in [-0.39, 0.29) is 19.4 Å². The lowest BCUT2D eigenvalue weighted by atomic mass is 9.98. The number of allylic oxidation sites excluding steroid dienone is 8. The summed E-state index contributed by atoms with van der Waals surface area (Å²) in [7, 11) is 0. The molecule has 0 aromatic carbocycles. The lowest BCUT2D eigenvalue weighted by Gasteiger charge is -2.42. The number of unbranched alkanes of at least 4 members (excludes halogenated alkanes) is 25. The maximum Gasteiger partial charge on any atom is 0.306 e. The monoisotopic (exact) mass is 1070 g/mol. The summed E-state index contributed by atoms with van der Waals surface area (Å²) in [6.07, 6.45) is 37.0. The van der Waals surface area contributed by atoms with Gasteiger partial charge < -0.3 is 64.2 Å². The van der Waals surface area contributed by atoms with Crippen LogP contribution in [-0.2, 0) is 38.0 Å². The Labute approximate surface area is 452 Å². The second kappa shape index (κ2) is 46.4. The van der Waals surface area contributed by atoms with Gasteiger partial charge in [0.25, 0.3) is 0 Å². The third kappa shape index (κ3) is 33.5. The van der Waals surface area contributed by atoms with Gasteiger partial charge >= 0.3 is 11.9 Å². The van der Waals surface area contributed by atoms with E-state index >= 15 is 0 Å². The van der Waals surface area contributed by atoms with Crippen molar-refractivity contribution < 1.29 is 73.8 Å². The summed E-state index contributed by atoms with van der Waals surface area (Å²) in [4.78, 5) is 25.9. The maximum absolute atomic E-state index is 13.1. The molecule has 2 rings (SSSR count). The zero-order valence-corrected chi connectivity index (χ0v) is 46.5. The van der Waals surface area contributed by atoms with E-state index in [4.69, 9.17) is 28.4 Å². The van der Waals surface area contributed by atoms with Crippen LogP contribution < -0.4 is 0 Å². The zero-order chi connectivity index (χ0) is 54.6. The average molecular weight is 1070 g/mol. The van der Waals surface area contributed by atoms with E-state index in [2.05, 4.69) is 62.5 Å². The van der Waals surface area contributed by atoms with Crippen molar-refractivity contribution >= 4 is 11.9 Å². The van der Waals surface area contributed by atoms with E-state index in [9.17, 15) is 45.3 Å². The van der Waals surface area contributed by atoms with Crippen molar-refractivity contribution in [3.8, 4) is 0 Å². The summed E-state index contributed by atoms with van der Waals surface area (Å²) in [5.74, 6) is -0.953. The SMILES string of the molecule is CCC/C=C/C/C=C/C/C=C/C/C=C/CCCCCC(=O)OC[C@H](CO[C@H]1O[C@@H](CO[C@H]2O[C@@H](CO)[C@@H](O)C(O)C2O)[C@@H](O)C(O)C1O)OC(=O)CCCCCCCCCCCCCCCCCCCCCCCC. The Hall–Kier alpha value is -2.54. The van der Waals surface area contributed by atoms with Crippen molar-refractivity contribution in [2.75, 3.05) is 26.4 Å². The Kier molecular flexibility index (Phi) is 42.4. The Morgan fingerprint density at radius 3 is 1.31 bits per heavy atom. The van der Waals surface area contributed by atoms with Crippen LogP contribution in [0, 0.1) is 0 Å². The molecule has 0 radical (unpaired) electrons. The molecular weight excluding hydrogens is 961 g/mol. The Bertz CT molecular complexity index is 1490. The number of carbonyl (C=O) groups is 2. The highest BCUT2D eigenvalue weighted by Crippen LogP contribution is 2.27. The van der Waals surface area contributed by atoms with Crippen LogP contribution in [0.3, 0.4) is 0 Å². The topological polar surface area (TPSA) is 231 Å². The van der Waals surface area contributed by atoms with Gasteiger partial charge in [-0.05, 0) is 51.4 Å². The number of ether oxygens (including phenoxy) is 6. The first-order chi connectivity index (χ1) is 36.5. The van der Waals surface area contributed by atoms with Crippen LogP contribution in [0.25, 0.3) is 0 Å². The molecule has 11 atom stereocenters. The summed E-state index contributed by atoms with van der Waals surface area (Å²) >= 11 is 0. The van der Waals surface area contributed by atoms with E-state index in [1.54, 1.807) is 0 Å². The van der Waals surface area contributed by atoms with Crippen molar-refractivity contribution in [3.05, 3.63) is 48.6 Å². The van der Waals surface area contributed by atoms with Crippen LogP contribution in [0.4, 0.5) is 0 Å². The number of carbonyl (C=O) groups excluding carboxylic acids is 2. The van der Waals surface area contributed by atoms with Crippen molar-refractivity contribution in [2.45, 2.75) is 293 Å². The molecule has 0 aliphatic carbocycles. The lowest BCUT2D eigenvalue weighted by molar-refractivity contribution is -0.332. The minimum atomic E-state index is -1.77. The standard InChI is InChI=1S/C60H106O15/c1-3-5-7-9-11-13-15-17-19-21-22-23-24-25-27-29-31-33-35-37-39-41-43-52(63)73-48(45-70-51(62)42-40-38-36-34-32-30-28-26-20-18-16-14-12-10-8-6-4-2)46-71-59-58(69)56(67)54(65)50(75-59)47-72-60-57(68)55(66)53(64)49(44-61)74-60/h8,10,14,16,20,26,30,32,48-50,53-61,64-69H,3-7,9,11-13,15,17-19,21-25,27-29,31,33-47H2,1-2H3/b10-8+,16-14+,26-20+,32-30+/t48-,49+,50+,53-,54-,55?,56?,57?,58?,59+,60+/m1/s1. The van der Waals surface area contributed by atoms with E-state index in [0.717, 1.165) is 64.2 Å². The first-order valence-electron chi connectivity index (χ1n) is 29.7. The van der Waals surface area contributed by atoms with Crippen LogP contribution in [0.2, 0.25) is 0 Å². The summed E-state index contributed by atoms with van der Waals surface area (Å²) in [6, 6.07) is 0. The van der Waals surface area contributed by atoms with E-state index < -0.39 is 99.3 Å². The third-order valence-electron chi connectivity index (χ3n) is 14.0. The van der Waals surface area contributed by atoms with Crippen LogP contribution >= 0.6 is 0 Å². The van der Waals surface area contributed by atoms with Crippen molar-refractivity contribution in [2.24, 2.45) is 0 Å². The summed E-state index contributed by atoms with van der Waals surface area (Å²) in [6.45, 7) is 2.53. The summed E-state index contributed by atoms with van der Waals surface area (Å²) in [5, 5.41) is 72.3. The fourth-order valence-corrected chi connectivity index (χ4v) is 9.21. The lowest BCUT2D eigenvalue weighted by Crippen LogP contribution is -2.61. The van der Waals surface area contributed by atoms with Gasteiger partial charge in [-0.3, -0.25) is 9.59 Å². The van der Waals surface area contributed by atoms with Gasteiger partial charge in [0.15, 0.2) is 18.7 Å². The summed E-state index contributed by atoms with van der Waals surface area (Å²) < 4.78 is 33.7. The minimum absolute atomic E-state index is 0.160. The van der Waals surface area contributed by atoms with Crippen LogP contribution in [0.1, 0.15) is 226 Å². The Balaban J connectivity index is 1.75. The molecule has 436 valence electrons. The molecule has 2 fully saturated rings. The molecule has 2 aliphatic heterocycles. The highest BCUT2D eigenvalue weighted by Gasteiger charge is 2.47. The molecule has 0 aromatic rings. The normalized spacial score (nSPS) is 24.8. The van der Waals surface area contributed by atoms with E-state index in [1.807, 2.05) is 0 Å². The largest absolute Gasteiger partial charge is 0.462 e. The second-order valence-corrected chi connectivity index (χ2v) is 20.8. The highest BCUT2D eigenvalue weighted by atomic mass is 16.7. The minimum Gasteiger partial charge on any atom is -0.462 e. The number of esters is 2. The second-order valence-electron chi connectivity index (χ2n) is 20.8. The smallest absolute Gasteiger partial charge is 0.306 e. The molecule has 75 heavy (non-hydrogen) atoms. The maximum atomic E-state index is 13.1. The molecule has 4 unspecified atom stereocenters. The molecule has 0 spiro atoms.